The fraction of sp³-hybridized carbons (Fsp3) is 0.538. The molecule has 19 heavy (non-hydrogen) atoms. The summed E-state index contributed by atoms with van der Waals surface area (Å²) in [6.45, 7) is 5.62. The van der Waals surface area contributed by atoms with Crippen LogP contribution in [0.4, 0.5) is 5.00 Å². The van der Waals surface area contributed by atoms with Gasteiger partial charge in [0.05, 0.1) is 11.0 Å². The van der Waals surface area contributed by atoms with Gasteiger partial charge < -0.3 is 16.4 Å². The van der Waals surface area contributed by atoms with Crippen LogP contribution in [0.3, 0.4) is 0 Å². The van der Waals surface area contributed by atoms with Gasteiger partial charge in [0.2, 0.25) is 5.91 Å². The minimum Gasteiger partial charge on any atom is -0.366 e. The van der Waals surface area contributed by atoms with Crippen LogP contribution < -0.4 is 16.4 Å². The molecule has 2 heterocycles. The van der Waals surface area contributed by atoms with E-state index in [9.17, 15) is 9.59 Å². The molecular formula is C13H19N3O2S. The number of amides is 2. The van der Waals surface area contributed by atoms with Crippen LogP contribution in [-0.2, 0) is 4.79 Å². The maximum Gasteiger partial charge on any atom is 0.251 e. The molecule has 104 valence electrons. The van der Waals surface area contributed by atoms with Crippen LogP contribution in [0.2, 0.25) is 0 Å². The van der Waals surface area contributed by atoms with Crippen molar-refractivity contribution in [1.29, 1.82) is 0 Å². The monoisotopic (exact) mass is 281 g/mol. The number of carbonyl (C=O) groups excluding carboxylic acids is 2. The highest BCUT2D eigenvalue weighted by Crippen LogP contribution is 2.36. The van der Waals surface area contributed by atoms with Crippen LogP contribution >= 0.6 is 11.3 Å². The van der Waals surface area contributed by atoms with E-state index in [4.69, 9.17) is 5.73 Å². The van der Waals surface area contributed by atoms with Crippen molar-refractivity contribution >= 4 is 28.2 Å². The quantitative estimate of drug-likeness (QED) is 0.780. The molecule has 1 aliphatic rings. The van der Waals surface area contributed by atoms with Crippen LogP contribution in [-0.4, -0.2) is 24.9 Å². The summed E-state index contributed by atoms with van der Waals surface area (Å²) in [7, 11) is 0. The molecule has 4 N–H and O–H groups in total. The molecule has 2 rings (SSSR count). The van der Waals surface area contributed by atoms with Crippen LogP contribution in [0.1, 0.15) is 30.6 Å². The number of hydrogen-bond donors (Lipinski definition) is 3. The Balaban J connectivity index is 2.20. The molecule has 1 aromatic heterocycles. The van der Waals surface area contributed by atoms with Crippen molar-refractivity contribution in [2.75, 3.05) is 18.4 Å². The lowest BCUT2D eigenvalue weighted by molar-refractivity contribution is -0.126. The highest BCUT2D eigenvalue weighted by molar-refractivity contribution is 7.14. The average molecular weight is 281 g/mol. The van der Waals surface area contributed by atoms with E-state index in [-0.39, 0.29) is 11.8 Å². The highest BCUT2D eigenvalue weighted by atomic mass is 32.1. The van der Waals surface area contributed by atoms with Gasteiger partial charge in [-0.25, -0.2) is 0 Å². The van der Waals surface area contributed by atoms with Gasteiger partial charge in [-0.1, -0.05) is 13.8 Å². The number of rotatable bonds is 4. The SMILES string of the molecule is CC(C)C1(C(=O)Nc2sccc2C(N)=O)CCNC1. The first kappa shape index (κ1) is 14.0. The molecule has 1 unspecified atom stereocenters. The zero-order valence-electron chi connectivity index (χ0n) is 11.2. The maximum atomic E-state index is 12.6. The summed E-state index contributed by atoms with van der Waals surface area (Å²) in [5, 5.41) is 8.42. The van der Waals surface area contributed by atoms with E-state index in [1.54, 1.807) is 11.4 Å². The number of nitrogens with two attached hydrogens (primary N) is 1. The van der Waals surface area contributed by atoms with Crippen molar-refractivity contribution in [2.45, 2.75) is 20.3 Å². The molecule has 2 amide bonds. The summed E-state index contributed by atoms with van der Waals surface area (Å²) in [4.78, 5) is 23.8. The van der Waals surface area contributed by atoms with Crippen LogP contribution in [0.25, 0.3) is 0 Å². The van der Waals surface area contributed by atoms with Crippen molar-refractivity contribution in [3.05, 3.63) is 17.0 Å². The zero-order chi connectivity index (χ0) is 14.0. The molecule has 6 heteroatoms. The normalized spacial score (nSPS) is 22.7. The number of thiophene rings is 1. The summed E-state index contributed by atoms with van der Waals surface area (Å²) in [5.41, 5.74) is 5.26. The molecule has 0 radical (unpaired) electrons. The second-order valence-electron chi connectivity index (χ2n) is 5.22. The standard InChI is InChI=1S/C13H19N3O2S/c1-8(2)13(4-5-15-7-13)12(18)16-11-9(10(14)17)3-6-19-11/h3,6,8,15H,4-5,7H2,1-2H3,(H2,14,17)(H,16,18). The van der Waals surface area contributed by atoms with Gasteiger partial charge in [-0.15, -0.1) is 11.3 Å². The lowest BCUT2D eigenvalue weighted by Gasteiger charge is -2.30. The van der Waals surface area contributed by atoms with Gasteiger partial charge in [0.25, 0.3) is 5.91 Å². The third kappa shape index (κ3) is 2.50. The average Bonchev–Trinajstić information content (AvgIpc) is 2.97. The fourth-order valence-corrected chi connectivity index (χ4v) is 3.28. The highest BCUT2D eigenvalue weighted by Gasteiger charge is 2.44. The number of anilines is 1. The summed E-state index contributed by atoms with van der Waals surface area (Å²) < 4.78 is 0. The molecule has 0 saturated carbocycles. The molecule has 1 aromatic rings. The third-order valence-corrected chi connectivity index (χ3v) is 4.73. The predicted molar refractivity (Wildman–Crippen MR) is 76.2 cm³/mol. The van der Waals surface area contributed by atoms with Crippen molar-refractivity contribution < 1.29 is 9.59 Å². The van der Waals surface area contributed by atoms with Crippen LogP contribution in [0, 0.1) is 11.3 Å². The Morgan fingerprint density at radius 1 is 1.53 bits per heavy atom. The largest absolute Gasteiger partial charge is 0.366 e. The van der Waals surface area contributed by atoms with Gasteiger partial charge in [0.15, 0.2) is 0 Å². The number of primary amides is 1. The molecule has 1 saturated heterocycles. The van der Waals surface area contributed by atoms with E-state index in [0.717, 1.165) is 13.0 Å². The van der Waals surface area contributed by atoms with Crippen LogP contribution in [0.5, 0.6) is 0 Å². The van der Waals surface area contributed by atoms with Crippen LogP contribution in [0.15, 0.2) is 11.4 Å². The van der Waals surface area contributed by atoms with Gasteiger partial charge in [0.1, 0.15) is 5.00 Å². The lowest BCUT2D eigenvalue weighted by atomic mass is 9.75. The second-order valence-corrected chi connectivity index (χ2v) is 6.14. The van der Waals surface area contributed by atoms with Crippen molar-refractivity contribution in [1.82, 2.24) is 5.32 Å². The Morgan fingerprint density at radius 2 is 2.26 bits per heavy atom. The van der Waals surface area contributed by atoms with Gasteiger partial charge in [-0.05, 0) is 30.3 Å². The Kier molecular flexibility index (Phi) is 3.91. The fourth-order valence-electron chi connectivity index (χ4n) is 2.49. The smallest absolute Gasteiger partial charge is 0.251 e. The maximum absolute atomic E-state index is 12.6. The van der Waals surface area contributed by atoms with E-state index in [1.807, 2.05) is 0 Å². The summed E-state index contributed by atoms with van der Waals surface area (Å²) in [6, 6.07) is 1.64. The van der Waals surface area contributed by atoms with E-state index in [1.165, 1.54) is 11.3 Å². The summed E-state index contributed by atoms with van der Waals surface area (Å²) in [6.07, 6.45) is 0.813. The molecule has 5 nitrogen and oxygen atoms in total. The van der Waals surface area contributed by atoms with Gasteiger partial charge in [-0.3, -0.25) is 9.59 Å². The van der Waals surface area contributed by atoms with E-state index >= 15 is 0 Å². The number of carbonyl (C=O) groups is 2. The molecule has 1 aliphatic heterocycles. The molecule has 1 atom stereocenters. The Bertz CT molecular complexity index is 490. The molecule has 0 bridgehead atoms. The lowest BCUT2D eigenvalue weighted by Crippen LogP contribution is -2.42. The van der Waals surface area contributed by atoms with Crippen molar-refractivity contribution in [2.24, 2.45) is 17.1 Å². The number of nitrogens with one attached hydrogen (secondary N) is 2. The summed E-state index contributed by atoms with van der Waals surface area (Å²) >= 11 is 1.32. The Hall–Kier alpha value is -1.40. The molecule has 0 spiro atoms. The van der Waals surface area contributed by atoms with E-state index < -0.39 is 11.3 Å². The van der Waals surface area contributed by atoms with Crippen molar-refractivity contribution in [3.63, 3.8) is 0 Å². The van der Waals surface area contributed by atoms with Gasteiger partial charge in [-0.2, -0.15) is 0 Å². The second kappa shape index (κ2) is 5.30. The molecule has 0 aliphatic carbocycles. The first-order valence-electron chi connectivity index (χ1n) is 6.37. The number of hydrogen-bond acceptors (Lipinski definition) is 4. The molecule has 1 fully saturated rings. The van der Waals surface area contributed by atoms with Gasteiger partial charge in [0, 0.05) is 6.54 Å². The Labute approximate surface area is 116 Å². The minimum absolute atomic E-state index is 0.0301. The molecular weight excluding hydrogens is 262 g/mol. The predicted octanol–water partition coefficient (Wildman–Crippen LogP) is 1.42. The van der Waals surface area contributed by atoms with Crippen molar-refractivity contribution in [3.8, 4) is 0 Å². The minimum atomic E-state index is -0.514. The first-order chi connectivity index (χ1) is 8.97. The first-order valence-corrected chi connectivity index (χ1v) is 7.25. The molecule has 0 aromatic carbocycles. The summed E-state index contributed by atoms with van der Waals surface area (Å²) in [5.74, 6) is -0.309. The van der Waals surface area contributed by atoms with E-state index in [0.29, 0.717) is 17.1 Å². The topological polar surface area (TPSA) is 84.2 Å². The Morgan fingerprint density at radius 3 is 2.79 bits per heavy atom. The van der Waals surface area contributed by atoms with Gasteiger partial charge >= 0.3 is 0 Å². The zero-order valence-corrected chi connectivity index (χ0v) is 12.0. The third-order valence-electron chi connectivity index (χ3n) is 3.90. The van der Waals surface area contributed by atoms with E-state index in [2.05, 4.69) is 24.5 Å².